The second kappa shape index (κ2) is 8.08. The van der Waals surface area contributed by atoms with Crippen molar-refractivity contribution in [2.45, 2.75) is 40.0 Å². The lowest BCUT2D eigenvalue weighted by Crippen LogP contribution is -2.29. The van der Waals surface area contributed by atoms with Crippen molar-refractivity contribution in [1.29, 1.82) is 0 Å². The van der Waals surface area contributed by atoms with Crippen LogP contribution in [0.25, 0.3) is 0 Å². The highest BCUT2D eigenvalue weighted by Crippen LogP contribution is 2.23. The Hall–Kier alpha value is -2.18. The summed E-state index contributed by atoms with van der Waals surface area (Å²) in [6, 6.07) is 6.39. The third-order valence-corrected chi connectivity index (χ3v) is 3.45. The molecule has 1 aromatic carbocycles. The van der Waals surface area contributed by atoms with E-state index in [0.717, 1.165) is 0 Å². The van der Waals surface area contributed by atoms with Gasteiger partial charge in [0.25, 0.3) is 5.92 Å². The predicted molar refractivity (Wildman–Crippen MR) is 86.2 cm³/mol. The highest BCUT2D eigenvalue weighted by Gasteiger charge is 2.25. The quantitative estimate of drug-likeness (QED) is 0.732. The summed E-state index contributed by atoms with van der Waals surface area (Å²) in [5.41, 5.74) is 0.127. The van der Waals surface area contributed by atoms with Gasteiger partial charge >= 0.3 is 5.97 Å². The van der Waals surface area contributed by atoms with Gasteiger partial charge in [-0.25, -0.2) is 13.6 Å². The maximum atomic E-state index is 12.6. The molecule has 0 radical (unpaired) electrons. The molecule has 0 spiro atoms. The molecule has 0 saturated heterocycles. The van der Waals surface area contributed by atoms with Crippen LogP contribution in [-0.2, 0) is 14.3 Å². The largest absolute Gasteiger partial charge is 0.482 e. The van der Waals surface area contributed by atoms with E-state index in [9.17, 15) is 18.4 Å². The molecule has 0 aliphatic heterocycles. The molecule has 1 rings (SSSR count). The number of halogens is 2. The molecule has 0 bridgehead atoms. The van der Waals surface area contributed by atoms with Gasteiger partial charge in [-0.05, 0) is 30.7 Å². The normalized spacial score (nSPS) is 11.8. The molecule has 0 heterocycles. The number of rotatable bonds is 8. The number of hydrogen-bond acceptors (Lipinski definition) is 4. The van der Waals surface area contributed by atoms with E-state index in [4.69, 9.17) is 4.74 Å². The number of hydrogen-bond donors (Lipinski definition) is 1. The maximum Gasteiger partial charge on any atom is 0.344 e. The Kier molecular flexibility index (Phi) is 6.69. The first-order chi connectivity index (χ1) is 11.0. The predicted octanol–water partition coefficient (Wildman–Crippen LogP) is 3.64. The van der Waals surface area contributed by atoms with Gasteiger partial charge in [-0.3, -0.25) is 4.79 Å². The topological polar surface area (TPSA) is 64.6 Å². The molecule has 0 aliphatic carbocycles. The van der Waals surface area contributed by atoms with Gasteiger partial charge in [-0.15, -0.1) is 0 Å². The van der Waals surface area contributed by atoms with E-state index in [-0.39, 0.29) is 5.91 Å². The summed E-state index contributed by atoms with van der Waals surface area (Å²) in [5, 5.41) is 2.79. The molecule has 0 unspecified atom stereocenters. The molecule has 0 atom stereocenters. The van der Waals surface area contributed by atoms with E-state index in [1.807, 2.05) is 20.8 Å². The van der Waals surface area contributed by atoms with Crippen LogP contribution in [0.1, 0.15) is 34.1 Å². The molecular weight excluding hydrogens is 320 g/mol. The van der Waals surface area contributed by atoms with E-state index < -0.39 is 30.5 Å². The fourth-order valence-corrected chi connectivity index (χ4v) is 1.49. The molecule has 1 aromatic rings. The van der Waals surface area contributed by atoms with Crippen LogP contribution in [0.3, 0.4) is 0 Å². The summed E-state index contributed by atoms with van der Waals surface area (Å²) in [6.07, 6.45) is 0.707. The molecule has 0 fully saturated rings. The minimum absolute atomic E-state index is 0.0947. The number of anilines is 1. The van der Waals surface area contributed by atoms with Gasteiger partial charge in [-0.1, -0.05) is 20.8 Å². The van der Waals surface area contributed by atoms with Crippen LogP contribution < -0.4 is 10.1 Å². The first kappa shape index (κ1) is 19.9. The zero-order valence-corrected chi connectivity index (χ0v) is 14.3. The Morgan fingerprint density at radius 1 is 1.12 bits per heavy atom. The Balaban J connectivity index is 2.48. The second-order valence-corrected chi connectivity index (χ2v) is 6.24. The van der Waals surface area contributed by atoms with Gasteiger partial charge in [0.1, 0.15) is 5.75 Å². The van der Waals surface area contributed by atoms with Gasteiger partial charge in [0, 0.05) is 18.0 Å². The van der Waals surface area contributed by atoms with E-state index in [1.165, 1.54) is 0 Å². The van der Waals surface area contributed by atoms with Gasteiger partial charge in [0.2, 0.25) is 5.91 Å². The fraction of sp³-hybridized carbons (Fsp3) is 0.529. The molecule has 24 heavy (non-hydrogen) atoms. The molecule has 7 heteroatoms. The van der Waals surface area contributed by atoms with E-state index in [2.05, 4.69) is 10.1 Å². The lowest BCUT2D eigenvalue weighted by atomic mass is 9.89. The average molecular weight is 343 g/mol. The maximum absolute atomic E-state index is 12.6. The highest BCUT2D eigenvalue weighted by atomic mass is 19.3. The number of carbonyl (C=O) groups excluding carboxylic acids is 2. The van der Waals surface area contributed by atoms with Crippen LogP contribution in [0.2, 0.25) is 0 Å². The summed E-state index contributed by atoms with van der Waals surface area (Å²) < 4.78 is 34.6. The minimum atomic E-state index is -3.07. The molecule has 0 aromatic heterocycles. The van der Waals surface area contributed by atoms with Crippen molar-refractivity contribution in [3.8, 4) is 5.75 Å². The van der Waals surface area contributed by atoms with Crippen LogP contribution in [0.15, 0.2) is 24.3 Å². The van der Waals surface area contributed by atoms with Gasteiger partial charge in [-0.2, -0.15) is 0 Å². The SMILES string of the molecule is CCC(C)(C)C(=O)Nc1ccc(OCC(=O)OCC(C)(F)F)cc1. The third-order valence-electron chi connectivity index (χ3n) is 3.45. The van der Waals surface area contributed by atoms with E-state index in [1.54, 1.807) is 24.3 Å². The van der Waals surface area contributed by atoms with Crippen LogP contribution in [0.5, 0.6) is 5.75 Å². The number of alkyl halides is 2. The summed E-state index contributed by atoms with van der Waals surface area (Å²) in [4.78, 5) is 23.3. The summed E-state index contributed by atoms with van der Waals surface area (Å²) in [6.45, 7) is 4.85. The van der Waals surface area contributed by atoms with Gasteiger partial charge < -0.3 is 14.8 Å². The lowest BCUT2D eigenvalue weighted by Gasteiger charge is -2.21. The van der Waals surface area contributed by atoms with Gasteiger partial charge in [0.15, 0.2) is 13.2 Å². The van der Waals surface area contributed by atoms with Crippen LogP contribution in [0.4, 0.5) is 14.5 Å². The average Bonchev–Trinajstić information content (AvgIpc) is 2.51. The first-order valence-corrected chi connectivity index (χ1v) is 7.61. The fourth-order valence-electron chi connectivity index (χ4n) is 1.49. The summed E-state index contributed by atoms with van der Waals surface area (Å²) in [5.74, 6) is -3.67. The Morgan fingerprint density at radius 3 is 2.21 bits per heavy atom. The van der Waals surface area contributed by atoms with Crippen molar-refractivity contribution in [2.75, 3.05) is 18.5 Å². The van der Waals surface area contributed by atoms with Crippen LogP contribution >= 0.6 is 0 Å². The van der Waals surface area contributed by atoms with Crippen molar-refractivity contribution in [3.05, 3.63) is 24.3 Å². The highest BCUT2D eigenvalue weighted by molar-refractivity contribution is 5.94. The number of ether oxygens (including phenoxy) is 2. The standard InChI is InChI=1S/C17H23F2NO4/c1-5-16(2,3)15(22)20-12-6-8-13(9-7-12)23-10-14(21)24-11-17(4,18)19/h6-9H,5,10-11H2,1-4H3,(H,20,22). The molecule has 0 aliphatic rings. The molecule has 5 nitrogen and oxygen atoms in total. The van der Waals surface area contributed by atoms with Crippen molar-refractivity contribution in [3.63, 3.8) is 0 Å². The Morgan fingerprint density at radius 2 is 1.71 bits per heavy atom. The molecule has 134 valence electrons. The molecule has 0 saturated carbocycles. The van der Waals surface area contributed by atoms with E-state index in [0.29, 0.717) is 24.8 Å². The summed E-state index contributed by atoms with van der Waals surface area (Å²) >= 11 is 0. The minimum Gasteiger partial charge on any atom is -0.482 e. The van der Waals surface area contributed by atoms with E-state index >= 15 is 0 Å². The summed E-state index contributed by atoms with van der Waals surface area (Å²) in [7, 11) is 0. The van der Waals surface area contributed by atoms with Crippen molar-refractivity contribution in [2.24, 2.45) is 5.41 Å². The number of benzene rings is 1. The lowest BCUT2D eigenvalue weighted by molar-refractivity contribution is -0.155. The Labute approximate surface area is 140 Å². The zero-order valence-electron chi connectivity index (χ0n) is 14.3. The number of amides is 1. The third kappa shape index (κ3) is 6.93. The monoisotopic (exact) mass is 343 g/mol. The number of esters is 1. The first-order valence-electron chi connectivity index (χ1n) is 7.61. The van der Waals surface area contributed by atoms with Crippen LogP contribution in [-0.4, -0.2) is 31.0 Å². The van der Waals surface area contributed by atoms with Crippen molar-refractivity contribution in [1.82, 2.24) is 0 Å². The van der Waals surface area contributed by atoms with Crippen LogP contribution in [0, 0.1) is 5.41 Å². The molecular formula is C17H23F2NO4. The van der Waals surface area contributed by atoms with Gasteiger partial charge in [0.05, 0.1) is 0 Å². The molecule has 1 amide bonds. The smallest absolute Gasteiger partial charge is 0.344 e. The Bertz CT molecular complexity index is 565. The number of carbonyl (C=O) groups is 2. The zero-order chi connectivity index (χ0) is 18.4. The van der Waals surface area contributed by atoms with Crippen molar-refractivity contribution < 1.29 is 27.8 Å². The number of nitrogens with one attached hydrogen (secondary N) is 1. The van der Waals surface area contributed by atoms with Crippen molar-refractivity contribution >= 4 is 17.6 Å². The molecule has 1 N–H and O–H groups in total. The second-order valence-electron chi connectivity index (χ2n) is 6.24.